The molecule has 170 valence electrons. The number of benzene rings is 2. The van der Waals surface area contributed by atoms with Crippen LogP contribution in [0.25, 0.3) is 0 Å². The molecule has 2 aromatic rings. The number of anilines is 2. The number of amides is 3. The largest absolute Gasteiger partial charge is 0.452 e. The van der Waals surface area contributed by atoms with Crippen molar-refractivity contribution in [1.82, 2.24) is 0 Å². The maximum absolute atomic E-state index is 13.0. The van der Waals surface area contributed by atoms with Gasteiger partial charge in [-0.15, -0.1) is 0 Å². The third kappa shape index (κ3) is 3.70. The molecule has 1 aliphatic heterocycles. The zero-order valence-corrected chi connectivity index (χ0v) is 18.8. The summed E-state index contributed by atoms with van der Waals surface area (Å²) in [6.07, 6.45) is 2.97. The fourth-order valence-electron chi connectivity index (χ4n) is 5.58. The molecule has 2 aliphatic carbocycles. The smallest absolute Gasteiger partial charge is 0.338 e. The van der Waals surface area contributed by atoms with E-state index in [4.69, 9.17) is 16.3 Å². The number of carbonyl (C=O) groups is 4. The van der Waals surface area contributed by atoms with E-state index in [1.807, 2.05) is 0 Å². The average molecular weight is 467 g/mol. The molecular weight excluding hydrogens is 444 g/mol. The molecule has 4 atom stereocenters. The standard InChI is InChI=1S/C25H23ClN2O5/c1-13-18(26)6-3-7-19(13)27-20(29)12-33-25(32)16-4-2-5-17(11-16)28-23(30)21-14-8-9-15(10-14)22(21)24(28)31/h2-7,11,14-15,21-22H,8-10,12H2,1H3,(H,27,29)/t14-,15-,21-,22-/m0/s1. The summed E-state index contributed by atoms with van der Waals surface area (Å²) in [5.74, 6) is -1.44. The number of hydrogen-bond acceptors (Lipinski definition) is 5. The number of ether oxygens (including phenoxy) is 1. The second kappa shape index (κ2) is 8.30. The zero-order valence-electron chi connectivity index (χ0n) is 18.0. The van der Waals surface area contributed by atoms with E-state index in [1.54, 1.807) is 37.3 Å². The van der Waals surface area contributed by atoms with Crippen molar-refractivity contribution in [1.29, 1.82) is 0 Å². The van der Waals surface area contributed by atoms with Gasteiger partial charge in [0.15, 0.2) is 6.61 Å². The van der Waals surface area contributed by atoms with Crippen LogP contribution in [0.15, 0.2) is 42.5 Å². The first kappa shape index (κ1) is 21.6. The zero-order chi connectivity index (χ0) is 23.3. The van der Waals surface area contributed by atoms with Gasteiger partial charge in [0.05, 0.1) is 23.1 Å². The molecule has 3 amide bonds. The molecule has 2 saturated carbocycles. The van der Waals surface area contributed by atoms with E-state index in [9.17, 15) is 19.2 Å². The van der Waals surface area contributed by atoms with Crippen LogP contribution >= 0.6 is 11.6 Å². The lowest BCUT2D eigenvalue weighted by Gasteiger charge is -2.19. The lowest BCUT2D eigenvalue weighted by molar-refractivity contribution is -0.123. The Bertz CT molecular complexity index is 1150. The Morgan fingerprint density at radius 1 is 1.06 bits per heavy atom. The van der Waals surface area contributed by atoms with Crippen molar-refractivity contribution >= 4 is 46.7 Å². The van der Waals surface area contributed by atoms with Crippen molar-refractivity contribution < 1.29 is 23.9 Å². The average Bonchev–Trinajstić information content (AvgIpc) is 3.49. The van der Waals surface area contributed by atoms with Crippen molar-refractivity contribution in [2.24, 2.45) is 23.7 Å². The number of hydrogen-bond donors (Lipinski definition) is 1. The fraction of sp³-hybridized carbons (Fsp3) is 0.360. The molecule has 7 nitrogen and oxygen atoms in total. The predicted octanol–water partition coefficient (Wildman–Crippen LogP) is 3.98. The van der Waals surface area contributed by atoms with E-state index in [-0.39, 0.29) is 41.0 Å². The van der Waals surface area contributed by atoms with Crippen LogP contribution in [0.2, 0.25) is 5.02 Å². The van der Waals surface area contributed by atoms with E-state index in [2.05, 4.69) is 5.32 Å². The summed E-state index contributed by atoms with van der Waals surface area (Å²) in [4.78, 5) is 52.1. The Hall–Kier alpha value is -3.19. The Morgan fingerprint density at radius 3 is 2.42 bits per heavy atom. The van der Waals surface area contributed by atoms with Crippen LogP contribution in [-0.4, -0.2) is 30.3 Å². The number of carbonyl (C=O) groups excluding carboxylic acids is 4. The van der Waals surface area contributed by atoms with Crippen LogP contribution in [0.3, 0.4) is 0 Å². The van der Waals surface area contributed by atoms with Crippen molar-refractivity contribution in [3.8, 4) is 0 Å². The molecule has 0 aromatic heterocycles. The maximum Gasteiger partial charge on any atom is 0.338 e. The molecule has 5 rings (SSSR count). The van der Waals surface area contributed by atoms with Gasteiger partial charge in [-0.2, -0.15) is 0 Å². The topological polar surface area (TPSA) is 92.8 Å². The number of fused-ring (bicyclic) bond motifs is 5. The Balaban J connectivity index is 1.25. The van der Waals surface area contributed by atoms with Gasteiger partial charge in [-0.25, -0.2) is 4.79 Å². The predicted molar refractivity (Wildman–Crippen MR) is 122 cm³/mol. The highest BCUT2D eigenvalue weighted by Gasteiger charge is 2.61. The number of rotatable bonds is 5. The summed E-state index contributed by atoms with van der Waals surface area (Å²) in [5, 5.41) is 3.18. The Kier molecular flexibility index (Phi) is 5.44. The maximum atomic E-state index is 13.0. The molecular formula is C25H23ClN2O5. The minimum absolute atomic E-state index is 0.167. The number of nitrogens with one attached hydrogen (secondary N) is 1. The van der Waals surface area contributed by atoms with Crippen molar-refractivity contribution in [3.63, 3.8) is 0 Å². The lowest BCUT2D eigenvalue weighted by atomic mass is 9.81. The van der Waals surface area contributed by atoms with Crippen molar-refractivity contribution in [2.75, 3.05) is 16.8 Å². The second-order valence-corrected chi connectivity index (χ2v) is 9.39. The monoisotopic (exact) mass is 466 g/mol. The van der Waals surface area contributed by atoms with E-state index in [0.29, 0.717) is 22.0 Å². The molecule has 1 N–H and O–H groups in total. The quantitative estimate of drug-likeness (QED) is 0.531. The van der Waals surface area contributed by atoms with Gasteiger partial charge in [-0.1, -0.05) is 23.7 Å². The van der Waals surface area contributed by atoms with Gasteiger partial charge in [0.25, 0.3) is 5.91 Å². The highest BCUT2D eigenvalue weighted by Crippen LogP contribution is 2.56. The summed E-state index contributed by atoms with van der Waals surface area (Å²) in [6, 6.07) is 11.4. The number of imide groups is 1. The molecule has 3 fully saturated rings. The molecule has 8 heteroatoms. The van der Waals surface area contributed by atoms with Gasteiger partial charge in [0, 0.05) is 10.7 Å². The summed E-state index contributed by atoms with van der Waals surface area (Å²) in [7, 11) is 0. The SMILES string of the molecule is Cc1c(Cl)cccc1NC(=O)COC(=O)c1cccc(N2C(=O)[C@H]3[C@H]4CC[C@@H](C4)[C@@H]3C2=O)c1. The first-order valence-corrected chi connectivity index (χ1v) is 11.4. The molecule has 0 radical (unpaired) electrons. The van der Waals surface area contributed by atoms with Crippen molar-refractivity contribution in [2.45, 2.75) is 26.2 Å². The molecule has 1 saturated heterocycles. The van der Waals surface area contributed by atoms with Gasteiger partial charge in [-0.3, -0.25) is 19.3 Å². The second-order valence-electron chi connectivity index (χ2n) is 8.98. The summed E-state index contributed by atoms with van der Waals surface area (Å²) in [6.45, 7) is 1.29. The highest BCUT2D eigenvalue weighted by atomic mass is 35.5. The summed E-state index contributed by atoms with van der Waals surface area (Å²) >= 11 is 6.06. The summed E-state index contributed by atoms with van der Waals surface area (Å²) < 4.78 is 5.15. The Labute approximate surface area is 196 Å². The molecule has 0 unspecified atom stereocenters. The minimum atomic E-state index is -0.714. The number of halogens is 1. The highest BCUT2D eigenvalue weighted by molar-refractivity contribution is 6.31. The van der Waals surface area contributed by atoms with Gasteiger partial charge in [0.1, 0.15) is 0 Å². The van der Waals surface area contributed by atoms with E-state index < -0.39 is 18.5 Å². The van der Waals surface area contributed by atoms with Crippen LogP contribution < -0.4 is 10.2 Å². The molecule has 2 bridgehead atoms. The van der Waals surface area contributed by atoms with Crippen LogP contribution in [0.1, 0.15) is 35.2 Å². The van der Waals surface area contributed by atoms with Crippen LogP contribution in [-0.2, 0) is 19.1 Å². The Morgan fingerprint density at radius 2 is 1.73 bits per heavy atom. The molecule has 33 heavy (non-hydrogen) atoms. The normalized spacial score (nSPS) is 25.3. The van der Waals surface area contributed by atoms with Gasteiger partial charge < -0.3 is 10.1 Å². The van der Waals surface area contributed by atoms with E-state index >= 15 is 0 Å². The molecule has 2 aromatic carbocycles. The van der Waals surface area contributed by atoms with Gasteiger partial charge in [0.2, 0.25) is 11.8 Å². The molecule has 0 spiro atoms. The summed E-state index contributed by atoms with van der Waals surface area (Å²) in [5.41, 5.74) is 1.79. The lowest BCUT2D eigenvalue weighted by Crippen LogP contribution is -2.32. The van der Waals surface area contributed by atoms with Crippen LogP contribution in [0, 0.1) is 30.6 Å². The van der Waals surface area contributed by atoms with Crippen LogP contribution in [0.5, 0.6) is 0 Å². The first-order chi connectivity index (χ1) is 15.8. The van der Waals surface area contributed by atoms with Gasteiger partial charge >= 0.3 is 5.97 Å². The van der Waals surface area contributed by atoms with Crippen LogP contribution in [0.4, 0.5) is 11.4 Å². The van der Waals surface area contributed by atoms with Gasteiger partial charge in [-0.05, 0) is 73.9 Å². The number of esters is 1. The third-order valence-electron chi connectivity index (χ3n) is 7.14. The molecule has 3 aliphatic rings. The van der Waals surface area contributed by atoms with Crippen molar-refractivity contribution in [3.05, 3.63) is 58.6 Å². The molecule has 1 heterocycles. The first-order valence-electron chi connectivity index (χ1n) is 11.0. The fourth-order valence-corrected chi connectivity index (χ4v) is 5.75. The minimum Gasteiger partial charge on any atom is -0.452 e. The third-order valence-corrected chi connectivity index (χ3v) is 7.55. The van der Waals surface area contributed by atoms with E-state index in [0.717, 1.165) is 19.3 Å². The van der Waals surface area contributed by atoms with E-state index in [1.165, 1.54) is 17.0 Å². The number of nitrogens with zero attached hydrogens (tertiary/aromatic N) is 1.